The predicted octanol–water partition coefficient (Wildman–Crippen LogP) is -3.07. The summed E-state index contributed by atoms with van der Waals surface area (Å²) in [7, 11) is 0. The van der Waals surface area contributed by atoms with E-state index in [0.29, 0.717) is 0 Å². The second-order valence-corrected chi connectivity index (χ2v) is 10.2. The molecule has 0 spiro atoms. The van der Waals surface area contributed by atoms with Crippen molar-refractivity contribution in [2.75, 3.05) is 13.2 Å². The molecule has 2 saturated heterocycles. The monoisotopic (exact) mass is 626 g/mol. The van der Waals surface area contributed by atoms with Crippen LogP contribution in [0.1, 0.15) is 0 Å². The van der Waals surface area contributed by atoms with Crippen LogP contribution in [0.5, 0.6) is 28.7 Å². The molecule has 0 bridgehead atoms. The number of hydrogen-bond acceptors (Lipinski definition) is 17. The lowest BCUT2D eigenvalue weighted by Crippen LogP contribution is -2.60. The van der Waals surface area contributed by atoms with Crippen LogP contribution in [-0.2, 0) is 9.47 Å². The molecule has 3 aromatic rings. The van der Waals surface area contributed by atoms with E-state index in [-0.39, 0.29) is 16.9 Å². The fourth-order valence-corrected chi connectivity index (χ4v) is 4.89. The van der Waals surface area contributed by atoms with E-state index in [2.05, 4.69) is 0 Å². The number of benzene rings is 2. The van der Waals surface area contributed by atoms with Crippen molar-refractivity contribution in [3.8, 4) is 40.1 Å². The van der Waals surface area contributed by atoms with Gasteiger partial charge in [0.05, 0.1) is 13.2 Å². The summed E-state index contributed by atoms with van der Waals surface area (Å²) < 4.78 is 27.4. The molecule has 2 aromatic carbocycles. The molecule has 0 saturated carbocycles. The summed E-state index contributed by atoms with van der Waals surface area (Å²) in [4.78, 5) is 13.6. The molecule has 44 heavy (non-hydrogen) atoms. The highest BCUT2D eigenvalue weighted by molar-refractivity contribution is 5.88. The third-order valence-electron chi connectivity index (χ3n) is 7.31. The lowest BCUT2D eigenvalue weighted by Gasteiger charge is -2.39. The van der Waals surface area contributed by atoms with Gasteiger partial charge in [-0.25, -0.2) is 0 Å². The highest BCUT2D eigenvalue weighted by Gasteiger charge is 2.46. The van der Waals surface area contributed by atoms with E-state index in [4.69, 9.17) is 23.4 Å². The molecule has 0 amide bonds. The first kappa shape index (κ1) is 31.7. The van der Waals surface area contributed by atoms with Gasteiger partial charge in [-0.1, -0.05) is 0 Å². The van der Waals surface area contributed by atoms with Crippen molar-refractivity contribution >= 4 is 11.0 Å². The number of phenols is 3. The van der Waals surface area contributed by atoms with Crippen LogP contribution < -0.4 is 14.9 Å². The van der Waals surface area contributed by atoms with E-state index < -0.39 is 114 Å². The Morgan fingerprint density at radius 3 is 1.80 bits per heavy atom. The van der Waals surface area contributed by atoms with E-state index in [0.717, 1.165) is 24.3 Å². The average Bonchev–Trinajstić information content (AvgIpc) is 2.99. The van der Waals surface area contributed by atoms with Gasteiger partial charge < -0.3 is 79.5 Å². The minimum Gasteiger partial charge on any atom is -0.508 e. The molecule has 17 nitrogen and oxygen atoms in total. The van der Waals surface area contributed by atoms with Gasteiger partial charge in [-0.2, -0.15) is 0 Å². The van der Waals surface area contributed by atoms with Crippen LogP contribution in [0.4, 0.5) is 0 Å². The van der Waals surface area contributed by atoms with Crippen LogP contribution in [0.2, 0.25) is 0 Å². The predicted molar refractivity (Wildman–Crippen MR) is 142 cm³/mol. The lowest BCUT2D eigenvalue weighted by atomic mass is 9.99. The molecular formula is C27H30O17. The van der Waals surface area contributed by atoms with Crippen LogP contribution in [0.15, 0.2) is 39.5 Å². The second kappa shape index (κ2) is 12.3. The summed E-state index contributed by atoms with van der Waals surface area (Å²) in [6.45, 7) is -1.52. The SMILES string of the molecule is O=c1c(O[C@@H]2O[C@H](CO)[C@@H](O)[C@H](O)[C@H]2O)c(-c2ccc(O[C@@H]3O[C@H](CO)[C@@H](O)[C@H](O)[C@H]3O)c(O)c2)oc2cc(O)cc(O)c12. The van der Waals surface area contributed by atoms with Crippen molar-refractivity contribution in [3.63, 3.8) is 0 Å². The summed E-state index contributed by atoms with van der Waals surface area (Å²) in [6.07, 6.45) is -16.9. The molecule has 2 aliphatic heterocycles. The van der Waals surface area contributed by atoms with Gasteiger partial charge in [0.25, 0.3) is 0 Å². The standard InChI is InChI=1S/C27H30O17/c28-6-14-17(33)20(36)22(38)26(42-14)41-12-2-1-8(3-10(12)31)24-25(19(35)16-11(32)4-9(30)5-13(16)40-24)44-27-23(39)21(37)18(34)15(7-29)43-27/h1-5,14-15,17-18,20-23,26-34,36-39H,6-7H2/t14-,15-,17-,18-,20+,21+,22-,23-,26-,27+/m1/s1. The Morgan fingerprint density at radius 1 is 0.682 bits per heavy atom. The molecule has 0 aliphatic carbocycles. The van der Waals surface area contributed by atoms with Gasteiger partial charge in [-0.05, 0) is 18.2 Å². The number of phenolic OH excluding ortho intramolecular Hbond substituents is 3. The Labute approximate surface area is 246 Å². The Balaban J connectivity index is 1.55. The van der Waals surface area contributed by atoms with Gasteiger partial charge in [0, 0.05) is 17.7 Å². The third-order valence-corrected chi connectivity index (χ3v) is 7.31. The summed E-state index contributed by atoms with van der Waals surface area (Å²) >= 11 is 0. The number of aromatic hydroxyl groups is 3. The van der Waals surface area contributed by atoms with Crippen LogP contribution in [0.3, 0.4) is 0 Å². The van der Waals surface area contributed by atoms with Crippen molar-refractivity contribution in [2.24, 2.45) is 0 Å². The Morgan fingerprint density at radius 2 is 1.25 bits per heavy atom. The zero-order chi connectivity index (χ0) is 32.0. The highest BCUT2D eigenvalue weighted by Crippen LogP contribution is 2.40. The van der Waals surface area contributed by atoms with E-state index in [1.54, 1.807) is 0 Å². The highest BCUT2D eigenvalue weighted by atomic mass is 16.7. The number of aliphatic hydroxyl groups is 8. The minimum atomic E-state index is -1.94. The number of aliphatic hydroxyl groups excluding tert-OH is 8. The Kier molecular flexibility index (Phi) is 8.87. The lowest BCUT2D eigenvalue weighted by molar-refractivity contribution is -0.277. The van der Waals surface area contributed by atoms with E-state index in [1.807, 2.05) is 0 Å². The molecule has 5 rings (SSSR count). The maximum atomic E-state index is 13.6. The Hall–Kier alpha value is -3.75. The molecule has 240 valence electrons. The summed E-state index contributed by atoms with van der Waals surface area (Å²) in [5, 5.41) is 110. The van der Waals surface area contributed by atoms with Crippen LogP contribution in [-0.4, -0.2) is 131 Å². The fraction of sp³-hybridized carbons (Fsp3) is 0.444. The molecule has 0 radical (unpaired) electrons. The molecule has 3 heterocycles. The minimum absolute atomic E-state index is 0.0925. The first-order chi connectivity index (χ1) is 20.9. The zero-order valence-electron chi connectivity index (χ0n) is 22.4. The molecule has 10 atom stereocenters. The largest absolute Gasteiger partial charge is 0.508 e. The third kappa shape index (κ3) is 5.61. The number of ether oxygens (including phenoxy) is 4. The van der Waals surface area contributed by atoms with E-state index >= 15 is 0 Å². The smallest absolute Gasteiger partial charge is 0.239 e. The molecule has 1 aromatic heterocycles. The zero-order valence-corrected chi connectivity index (χ0v) is 22.4. The van der Waals surface area contributed by atoms with Crippen molar-refractivity contribution < 1.29 is 79.5 Å². The number of hydrogen-bond donors (Lipinski definition) is 11. The molecule has 17 heteroatoms. The molecule has 2 aliphatic rings. The van der Waals surface area contributed by atoms with E-state index in [9.17, 15) is 61.0 Å². The van der Waals surface area contributed by atoms with Crippen molar-refractivity contribution in [1.82, 2.24) is 0 Å². The van der Waals surface area contributed by atoms with Gasteiger partial charge >= 0.3 is 0 Å². The quantitative estimate of drug-likeness (QED) is 0.124. The fourth-order valence-electron chi connectivity index (χ4n) is 4.89. The summed E-state index contributed by atoms with van der Waals surface area (Å²) in [5.41, 5.74) is -1.47. The topological polar surface area (TPSA) is 290 Å². The maximum Gasteiger partial charge on any atom is 0.239 e. The molecule has 0 unspecified atom stereocenters. The van der Waals surface area contributed by atoms with Gasteiger partial charge in [-0.15, -0.1) is 0 Å². The van der Waals surface area contributed by atoms with Crippen LogP contribution >= 0.6 is 0 Å². The molecular weight excluding hydrogens is 596 g/mol. The Bertz CT molecular complexity index is 1550. The summed E-state index contributed by atoms with van der Waals surface area (Å²) in [6, 6.07) is 5.23. The van der Waals surface area contributed by atoms with E-state index in [1.165, 1.54) is 6.07 Å². The number of fused-ring (bicyclic) bond motifs is 1. The maximum absolute atomic E-state index is 13.6. The summed E-state index contributed by atoms with van der Waals surface area (Å²) in [5.74, 6) is -3.31. The van der Waals surface area contributed by atoms with Crippen molar-refractivity contribution in [2.45, 2.75) is 61.4 Å². The normalized spacial score (nSPS) is 32.5. The van der Waals surface area contributed by atoms with Gasteiger partial charge in [-0.3, -0.25) is 4.79 Å². The van der Waals surface area contributed by atoms with Gasteiger partial charge in [0.15, 0.2) is 17.3 Å². The molecule has 2 fully saturated rings. The van der Waals surface area contributed by atoms with Crippen LogP contribution in [0.25, 0.3) is 22.3 Å². The van der Waals surface area contributed by atoms with Crippen molar-refractivity contribution in [3.05, 3.63) is 40.6 Å². The average molecular weight is 627 g/mol. The second-order valence-electron chi connectivity index (χ2n) is 10.2. The molecule has 11 N–H and O–H groups in total. The first-order valence-corrected chi connectivity index (χ1v) is 13.2. The van der Waals surface area contributed by atoms with Gasteiger partial charge in [0.1, 0.15) is 71.3 Å². The van der Waals surface area contributed by atoms with Crippen LogP contribution in [0, 0.1) is 0 Å². The number of rotatable bonds is 7. The van der Waals surface area contributed by atoms with Crippen molar-refractivity contribution in [1.29, 1.82) is 0 Å². The van der Waals surface area contributed by atoms with Gasteiger partial charge in [0.2, 0.25) is 23.8 Å². The first-order valence-electron chi connectivity index (χ1n) is 13.2.